The van der Waals surface area contributed by atoms with Crippen LogP contribution in [0, 0.1) is 23.7 Å². The lowest BCUT2D eigenvalue weighted by Gasteiger charge is -2.59. The quantitative estimate of drug-likeness (QED) is 0.610. The standard InChI is InChI=1S/C16H23BrO4/c1-9-4-5-12-10(2)13(8-17)18-14-16(12)11(9)6-7-15(3,19-14)20-21-16/h8-12,14H,4-7H2,1-3H3/b13-8+/t9-,10-,11+,12+,14-,15-,16-/m1/s1. The molecule has 1 spiro atoms. The Bertz CT molecular complexity index is 481. The van der Waals surface area contributed by atoms with Crippen LogP contribution in [0.4, 0.5) is 0 Å². The van der Waals surface area contributed by atoms with E-state index in [4.69, 9.17) is 19.2 Å². The van der Waals surface area contributed by atoms with Gasteiger partial charge in [0.2, 0.25) is 12.1 Å². The minimum Gasteiger partial charge on any atom is -0.465 e. The summed E-state index contributed by atoms with van der Waals surface area (Å²) < 4.78 is 12.4. The van der Waals surface area contributed by atoms with E-state index in [1.807, 2.05) is 11.9 Å². The Morgan fingerprint density at radius 2 is 1.95 bits per heavy atom. The molecule has 2 bridgehead atoms. The molecular weight excluding hydrogens is 336 g/mol. The van der Waals surface area contributed by atoms with Crippen molar-refractivity contribution in [3.05, 3.63) is 10.7 Å². The summed E-state index contributed by atoms with van der Waals surface area (Å²) in [4.78, 5) is 13.7. The van der Waals surface area contributed by atoms with E-state index >= 15 is 0 Å². The van der Waals surface area contributed by atoms with Gasteiger partial charge in [0.15, 0.2) is 5.60 Å². The second-order valence-corrected chi connectivity index (χ2v) is 7.79. The molecule has 0 radical (unpaired) electrons. The van der Waals surface area contributed by atoms with Crippen LogP contribution < -0.4 is 0 Å². The van der Waals surface area contributed by atoms with Crippen molar-refractivity contribution in [3.8, 4) is 0 Å². The van der Waals surface area contributed by atoms with Crippen LogP contribution in [-0.2, 0) is 19.2 Å². The predicted octanol–water partition coefficient (Wildman–Crippen LogP) is 4.10. The predicted molar refractivity (Wildman–Crippen MR) is 80.1 cm³/mol. The van der Waals surface area contributed by atoms with Gasteiger partial charge in [-0.1, -0.05) is 29.8 Å². The van der Waals surface area contributed by atoms with Crippen molar-refractivity contribution in [2.45, 2.75) is 64.1 Å². The number of hydrogen-bond acceptors (Lipinski definition) is 4. The molecule has 0 amide bonds. The van der Waals surface area contributed by atoms with Crippen LogP contribution in [0.25, 0.3) is 0 Å². The van der Waals surface area contributed by atoms with Gasteiger partial charge >= 0.3 is 0 Å². The lowest BCUT2D eigenvalue weighted by atomic mass is 9.58. The molecule has 0 aromatic heterocycles. The van der Waals surface area contributed by atoms with Crippen molar-refractivity contribution < 1.29 is 19.2 Å². The Morgan fingerprint density at radius 3 is 2.71 bits per heavy atom. The summed E-state index contributed by atoms with van der Waals surface area (Å²) in [6.07, 6.45) is 3.94. The molecule has 7 atom stereocenters. The molecule has 5 rings (SSSR count). The van der Waals surface area contributed by atoms with Crippen LogP contribution in [0.2, 0.25) is 0 Å². The van der Waals surface area contributed by atoms with Gasteiger partial charge in [0, 0.05) is 29.2 Å². The molecule has 118 valence electrons. The summed E-state index contributed by atoms with van der Waals surface area (Å²) in [5.41, 5.74) is -0.452. The zero-order valence-electron chi connectivity index (χ0n) is 12.8. The summed E-state index contributed by atoms with van der Waals surface area (Å²) in [6.45, 7) is 6.51. The second kappa shape index (κ2) is 4.70. The molecule has 0 N–H and O–H groups in total. The fraction of sp³-hybridized carbons (Fsp3) is 0.875. The van der Waals surface area contributed by atoms with E-state index in [9.17, 15) is 0 Å². The normalized spacial score (nSPS) is 57.5. The van der Waals surface area contributed by atoms with Crippen LogP contribution >= 0.6 is 15.9 Å². The van der Waals surface area contributed by atoms with Crippen molar-refractivity contribution in [1.82, 2.24) is 0 Å². The maximum Gasteiger partial charge on any atom is 0.235 e. The monoisotopic (exact) mass is 358 g/mol. The van der Waals surface area contributed by atoms with Gasteiger partial charge in [-0.05, 0) is 32.1 Å². The fourth-order valence-corrected chi connectivity index (χ4v) is 5.46. The number of rotatable bonds is 0. The molecule has 0 aromatic rings. The Kier molecular flexibility index (Phi) is 3.24. The zero-order chi connectivity index (χ0) is 14.8. The molecular formula is C16H23BrO4. The maximum absolute atomic E-state index is 6.23. The van der Waals surface area contributed by atoms with E-state index in [1.165, 1.54) is 6.42 Å². The molecule has 4 saturated heterocycles. The largest absolute Gasteiger partial charge is 0.465 e. The van der Waals surface area contributed by atoms with Crippen molar-refractivity contribution in [3.63, 3.8) is 0 Å². The van der Waals surface area contributed by atoms with E-state index in [0.29, 0.717) is 23.7 Å². The van der Waals surface area contributed by atoms with E-state index in [0.717, 1.165) is 25.0 Å². The van der Waals surface area contributed by atoms with Gasteiger partial charge in [-0.25, -0.2) is 9.78 Å². The van der Waals surface area contributed by atoms with Crippen molar-refractivity contribution in [1.29, 1.82) is 0 Å². The van der Waals surface area contributed by atoms with Crippen molar-refractivity contribution in [2.24, 2.45) is 23.7 Å². The third kappa shape index (κ3) is 1.84. The highest BCUT2D eigenvalue weighted by atomic mass is 79.9. The molecule has 5 aliphatic rings. The van der Waals surface area contributed by atoms with Crippen molar-refractivity contribution >= 4 is 15.9 Å². The zero-order valence-corrected chi connectivity index (χ0v) is 14.4. The lowest BCUT2D eigenvalue weighted by molar-refractivity contribution is -0.562. The second-order valence-electron chi connectivity index (χ2n) is 7.33. The van der Waals surface area contributed by atoms with Crippen LogP contribution in [-0.4, -0.2) is 17.7 Å². The van der Waals surface area contributed by atoms with Gasteiger partial charge in [-0.2, -0.15) is 0 Å². The topological polar surface area (TPSA) is 36.9 Å². The number of hydrogen-bond donors (Lipinski definition) is 0. The molecule has 4 nitrogen and oxygen atoms in total. The van der Waals surface area contributed by atoms with E-state index in [1.54, 1.807) is 0 Å². The fourth-order valence-electron chi connectivity index (χ4n) is 4.94. The van der Waals surface area contributed by atoms with Gasteiger partial charge in [0.05, 0.1) is 0 Å². The minimum absolute atomic E-state index is 0.310. The third-order valence-corrected chi connectivity index (χ3v) is 6.63. The van der Waals surface area contributed by atoms with Gasteiger partial charge < -0.3 is 9.47 Å². The first-order valence-corrected chi connectivity index (χ1v) is 8.93. The lowest BCUT2D eigenvalue weighted by Crippen LogP contribution is -2.68. The molecule has 4 heterocycles. The Morgan fingerprint density at radius 1 is 1.14 bits per heavy atom. The molecule has 5 fully saturated rings. The molecule has 0 unspecified atom stereocenters. The Hall–Kier alpha value is -0.100. The van der Waals surface area contributed by atoms with Crippen molar-refractivity contribution in [2.75, 3.05) is 0 Å². The SMILES string of the molecule is C[C@@H]1CC[C@H]2[C@@H](C)/C(=C\Br)O[C@@H]3O[C@@]4(C)CC[C@@H]1[C@]32OO4. The van der Waals surface area contributed by atoms with Gasteiger partial charge in [0.1, 0.15) is 5.76 Å². The highest BCUT2D eigenvalue weighted by molar-refractivity contribution is 9.11. The average Bonchev–Trinajstić information content (AvgIpc) is 2.69. The van der Waals surface area contributed by atoms with Crippen LogP contribution in [0.1, 0.15) is 46.5 Å². The van der Waals surface area contributed by atoms with Gasteiger partial charge in [-0.15, -0.1) is 0 Å². The summed E-state index contributed by atoms with van der Waals surface area (Å²) in [5, 5.41) is 0. The molecule has 21 heavy (non-hydrogen) atoms. The molecule has 0 aromatic carbocycles. The molecule has 5 heteroatoms. The number of ether oxygens (including phenoxy) is 2. The highest BCUT2D eigenvalue weighted by Gasteiger charge is 2.69. The Balaban J connectivity index is 1.83. The van der Waals surface area contributed by atoms with E-state index in [2.05, 4.69) is 29.8 Å². The summed E-state index contributed by atoms with van der Waals surface area (Å²) in [6, 6.07) is 0. The molecule has 1 saturated carbocycles. The number of allylic oxidation sites excluding steroid dienone is 1. The minimum atomic E-state index is -0.685. The van der Waals surface area contributed by atoms with Crippen LogP contribution in [0.15, 0.2) is 10.7 Å². The number of fused-ring (bicyclic) bond motifs is 2. The highest BCUT2D eigenvalue weighted by Crippen LogP contribution is 2.61. The molecule has 1 aliphatic carbocycles. The first-order valence-electron chi connectivity index (χ1n) is 8.02. The van der Waals surface area contributed by atoms with Crippen LogP contribution in [0.5, 0.6) is 0 Å². The van der Waals surface area contributed by atoms with Gasteiger partial charge in [-0.3, -0.25) is 0 Å². The maximum atomic E-state index is 6.23. The third-order valence-electron chi connectivity index (χ3n) is 6.18. The summed E-state index contributed by atoms with van der Waals surface area (Å²) in [5.74, 6) is 2.01. The average molecular weight is 359 g/mol. The molecule has 4 aliphatic heterocycles. The van der Waals surface area contributed by atoms with E-state index in [-0.39, 0.29) is 6.29 Å². The van der Waals surface area contributed by atoms with E-state index < -0.39 is 11.4 Å². The van der Waals surface area contributed by atoms with Gasteiger partial charge in [0.25, 0.3) is 0 Å². The van der Waals surface area contributed by atoms with Crippen LogP contribution in [0.3, 0.4) is 0 Å². The first kappa shape index (κ1) is 14.5. The smallest absolute Gasteiger partial charge is 0.235 e. The number of halogens is 1. The Labute approximate surface area is 134 Å². The summed E-state index contributed by atoms with van der Waals surface area (Å²) in [7, 11) is 0. The summed E-state index contributed by atoms with van der Waals surface area (Å²) >= 11 is 3.44. The first-order chi connectivity index (χ1) is 10.00.